The molecule has 0 saturated heterocycles. The van der Waals surface area contributed by atoms with Crippen LogP contribution in [0.2, 0.25) is 0 Å². The molecular formula is C50H37NS. The largest absolute Gasteiger partial charge is 0.310 e. The van der Waals surface area contributed by atoms with E-state index in [4.69, 9.17) is 0 Å². The van der Waals surface area contributed by atoms with Crippen LogP contribution in [0.15, 0.2) is 198 Å². The van der Waals surface area contributed by atoms with E-state index in [1.54, 1.807) is 0 Å². The molecule has 0 spiro atoms. The minimum absolute atomic E-state index is 0.119. The van der Waals surface area contributed by atoms with E-state index in [9.17, 15) is 0 Å². The fourth-order valence-electron chi connectivity index (χ4n) is 9.09. The summed E-state index contributed by atoms with van der Waals surface area (Å²) in [6.45, 7) is 4.74. The van der Waals surface area contributed by atoms with Gasteiger partial charge in [-0.05, 0) is 92.2 Å². The number of nitrogens with zero attached hydrogens (tertiary/aromatic N) is 1. The van der Waals surface area contributed by atoms with Crippen LogP contribution in [0.4, 0.5) is 17.1 Å². The first-order valence-corrected chi connectivity index (χ1v) is 18.9. The van der Waals surface area contributed by atoms with Gasteiger partial charge in [-0.25, -0.2) is 0 Å². The molecule has 2 heteroatoms. The van der Waals surface area contributed by atoms with Gasteiger partial charge in [-0.2, -0.15) is 0 Å². The maximum absolute atomic E-state index is 2.51. The molecule has 52 heavy (non-hydrogen) atoms. The molecule has 0 radical (unpaired) electrons. The topological polar surface area (TPSA) is 3.24 Å². The molecule has 8 aromatic rings. The third-order valence-corrected chi connectivity index (χ3v) is 12.5. The Morgan fingerprint density at radius 2 is 1.06 bits per heavy atom. The summed E-state index contributed by atoms with van der Waals surface area (Å²) in [5.74, 6) is 0. The highest BCUT2D eigenvalue weighted by molar-refractivity contribution is 7.99. The maximum Gasteiger partial charge on any atom is 0.0750 e. The zero-order valence-electron chi connectivity index (χ0n) is 29.3. The van der Waals surface area contributed by atoms with Crippen LogP contribution in [-0.4, -0.2) is 0 Å². The standard InChI is InChI=1S/C50H37NS/c1-49(2)42-26-15-14-25-40(42)41-31-30-38(33-43(41)49)51(37-22-10-5-11-23-37)44-27-16-28-45-48(44)50(35-18-6-3-7-19-35,36-20-8-4-9-21-36)47-39-24-13-12-17-34(39)29-32-46(47)52-45/h3-33H,1-2H3. The van der Waals surface area contributed by atoms with Crippen molar-refractivity contribution in [1.29, 1.82) is 0 Å². The number of benzene rings is 8. The van der Waals surface area contributed by atoms with Crippen LogP contribution in [0.1, 0.15) is 47.2 Å². The van der Waals surface area contributed by atoms with Crippen molar-refractivity contribution in [3.8, 4) is 11.1 Å². The Kier molecular flexibility index (Phi) is 7.06. The van der Waals surface area contributed by atoms with Crippen molar-refractivity contribution >= 4 is 39.6 Å². The lowest BCUT2D eigenvalue weighted by Gasteiger charge is -2.45. The number of hydrogen-bond acceptors (Lipinski definition) is 2. The SMILES string of the molecule is CC1(C)c2ccccc2-c2ccc(N(c3ccccc3)c3cccc4c3C(c3ccccc3)(c3ccccc3)c3c(ccc5ccccc35)S4)cc21. The molecule has 1 aliphatic carbocycles. The summed E-state index contributed by atoms with van der Waals surface area (Å²) in [4.78, 5) is 5.07. The van der Waals surface area contributed by atoms with Crippen molar-refractivity contribution in [2.45, 2.75) is 34.5 Å². The molecule has 10 rings (SSSR count). The predicted octanol–water partition coefficient (Wildman–Crippen LogP) is 13.5. The molecule has 0 unspecified atom stereocenters. The summed E-state index contributed by atoms with van der Waals surface area (Å²) in [6, 6.07) is 69.8. The molecule has 0 atom stereocenters. The van der Waals surface area contributed by atoms with E-state index in [1.165, 1.54) is 70.8 Å². The monoisotopic (exact) mass is 683 g/mol. The molecule has 0 amide bonds. The third kappa shape index (κ3) is 4.44. The molecule has 0 fully saturated rings. The highest BCUT2D eigenvalue weighted by Gasteiger charge is 2.48. The average molecular weight is 684 g/mol. The number of para-hydroxylation sites is 1. The molecule has 1 nitrogen and oxygen atoms in total. The Bertz CT molecular complexity index is 2590. The molecule has 0 bridgehead atoms. The lowest BCUT2D eigenvalue weighted by atomic mass is 9.63. The Morgan fingerprint density at radius 1 is 0.442 bits per heavy atom. The minimum Gasteiger partial charge on any atom is -0.310 e. The van der Waals surface area contributed by atoms with Gasteiger partial charge in [-0.15, -0.1) is 0 Å². The Balaban J connectivity index is 1.33. The van der Waals surface area contributed by atoms with E-state index in [2.05, 4.69) is 207 Å². The van der Waals surface area contributed by atoms with Gasteiger partial charge >= 0.3 is 0 Å². The van der Waals surface area contributed by atoms with Crippen molar-refractivity contribution in [3.63, 3.8) is 0 Å². The Labute approximate surface area is 310 Å². The van der Waals surface area contributed by atoms with Crippen LogP contribution in [0.3, 0.4) is 0 Å². The lowest BCUT2D eigenvalue weighted by molar-refractivity contribution is 0.660. The molecule has 248 valence electrons. The molecular weight excluding hydrogens is 647 g/mol. The van der Waals surface area contributed by atoms with Crippen molar-refractivity contribution in [3.05, 3.63) is 221 Å². The predicted molar refractivity (Wildman–Crippen MR) is 219 cm³/mol. The van der Waals surface area contributed by atoms with E-state index in [0.29, 0.717) is 0 Å². The van der Waals surface area contributed by atoms with E-state index in [-0.39, 0.29) is 5.41 Å². The summed E-state index contributed by atoms with van der Waals surface area (Å²) < 4.78 is 0. The van der Waals surface area contributed by atoms with Gasteiger partial charge in [0.05, 0.1) is 11.1 Å². The van der Waals surface area contributed by atoms with Gasteiger partial charge in [0.1, 0.15) is 0 Å². The number of hydrogen-bond donors (Lipinski definition) is 0. The van der Waals surface area contributed by atoms with E-state index >= 15 is 0 Å². The number of fused-ring (bicyclic) bond motifs is 7. The molecule has 8 aromatic carbocycles. The number of rotatable bonds is 5. The quantitative estimate of drug-likeness (QED) is 0.178. The maximum atomic E-state index is 2.51. The van der Waals surface area contributed by atoms with Gasteiger partial charge in [0, 0.05) is 32.1 Å². The van der Waals surface area contributed by atoms with Gasteiger partial charge in [0.15, 0.2) is 0 Å². The highest BCUT2D eigenvalue weighted by Crippen LogP contribution is 2.61. The fraction of sp³-hybridized carbons (Fsp3) is 0.0800. The lowest BCUT2D eigenvalue weighted by Crippen LogP contribution is -2.36. The van der Waals surface area contributed by atoms with Gasteiger partial charge in [0.25, 0.3) is 0 Å². The van der Waals surface area contributed by atoms with Gasteiger partial charge < -0.3 is 4.90 Å². The summed E-state index contributed by atoms with van der Waals surface area (Å²) in [5, 5.41) is 2.53. The summed E-state index contributed by atoms with van der Waals surface area (Å²) >= 11 is 1.90. The Morgan fingerprint density at radius 3 is 1.81 bits per heavy atom. The second-order valence-electron chi connectivity index (χ2n) is 14.5. The second-order valence-corrected chi connectivity index (χ2v) is 15.5. The van der Waals surface area contributed by atoms with Gasteiger partial charge in [-0.3, -0.25) is 0 Å². The highest BCUT2D eigenvalue weighted by atomic mass is 32.2. The summed E-state index contributed by atoms with van der Waals surface area (Å²) in [6.07, 6.45) is 0. The minimum atomic E-state index is -0.616. The average Bonchev–Trinajstić information content (AvgIpc) is 3.43. The molecule has 2 aliphatic rings. The number of anilines is 3. The zero-order valence-corrected chi connectivity index (χ0v) is 30.1. The molecule has 0 aromatic heterocycles. The van der Waals surface area contributed by atoms with Gasteiger partial charge in [-0.1, -0.05) is 171 Å². The first kappa shape index (κ1) is 30.9. The first-order valence-electron chi connectivity index (χ1n) is 18.1. The van der Waals surface area contributed by atoms with E-state index < -0.39 is 5.41 Å². The molecule has 0 saturated carbocycles. The van der Waals surface area contributed by atoms with Crippen LogP contribution in [0, 0.1) is 0 Å². The molecule has 1 heterocycles. The van der Waals surface area contributed by atoms with E-state index in [0.717, 1.165) is 11.4 Å². The normalized spacial score (nSPS) is 14.6. The van der Waals surface area contributed by atoms with E-state index in [1.807, 2.05) is 11.8 Å². The molecule has 0 N–H and O–H groups in total. The van der Waals surface area contributed by atoms with Crippen LogP contribution in [0.5, 0.6) is 0 Å². The van der Waals surface area contributed by atoms with Crippen molar-refractivity contribution in [2.24, 2.45) is 0 Å². The zero-order chi connectivity index (χ0) is 34.9. The second kappa shape index (κ2) is 11.9. The van der Waals surface area contributed by atoms with Crippen LogP contribution in [-0.2, 0) is 10.8 Å². The molecule has 1 aliphatic heterocycles. The smallest absolute Gasteiger partial charge is 0.0750 e. The first-order chi connectivity index (χ1) is 25.6. The van der Waals surface area contributed by atoms with Crippen molar-refractivity contribution in [1.82, 2.24) is 0 Å². The third-order valence-electron chi connectivity index (χ3n) is 11.4. The summed E-state index contributed by atoms with van der Waals surface area (Å²) in [5.41, 5.74) is 13.3. The van der Waals surface area contributed by atoms with Gasteiger partial charge in [0.2, 0.25) is 0 Å². The van der Waals surface area contributed by atoms with Crippen molar-refractivity contribution < 1.29 is 0 Å². The fourth-order valence-corrected chi connectivity index (χ4v) is 10.3. The van der Waals surface area contributed by atoms with Crippen LogP contribution < -0.4 is 4.90 Å². The Hall–Kier alpha value is -5.83. The van der Waals surface area contributed by atoms with Crippen molar-refractivity contribution in [2.75, 3.05) is 4.90 Å². The van der Waals surface area contributed by atoms with Crippen LogP contribution in [0.25, 0.3) is 21.9 Å². The summed E-state index contributed by atoms with van der Waals surface area (Å²) in [7, 11) is 0. The van der Waals surface area contributed by atoms with Crippen LogP contribution >= 0.6 is 11.8 Å².